The Morgan fingerprint density at radius 3 is 1.76 bits per heavy atom. The van der Waals surface area contributed by atoms with Gasteiger partial charge in [0, 0.05) is 19.0 Å². The van der Waals surface area contributed by atoms with Crippen LogP contribution in [0, 0.1) is 0 Å². The standard InChI is InChI=1S/C24H40ClNO7/c25-10-6-1-2-7-12-28-14-16-30-18-20-32-21-19-31-17-15-29-13-11-26-24(27)33-22-23-8-4-3-5-9-23/h3-5,8-9H,1-2,6-7,10-22H2,(H,26,27). The van der Waals surface area contributed by atoms with Crippen molar-refractivity contribution in [3.63, 3.8) is 0 Å². The van der Waals surface area contributed by atoms with Gasteiger partial charge in [-0.05, 0) is 18.4 Å². The van der Waals surface area contributed by atoms with Gasteiger partial charge in [0.05, 0.1) is 59.5 Å². The number of nitrogens with one attached hydrogen (secondary N) is 1. The second kappa shape index (κ2) is 23.7. The second-order valence-corrected chi connectivity index (χ2v) is 7.53. The van der Waals surface area contributed by atoms with Gasteiger partial charge in [-0.2, -0.15) is 0 Å². The molecular weight excluding hydrogens is 450 g/mol. The molecule has 0 aliphatic heterocycles. The van der Waals surface area contributed by atoms with Crippen LogP contribution in [0.3, 0.4) is 0 Å². The fourth-order valence-corrected chi connectivity index (χ4v) is 2.82. The number of unbranched alkanes of at least 4 members (excludes halogenated alkanes) is 3. The molecule has 8 nitrogen and oxygen atoms in total. The van der Waals surface area contributed by atoms with Crippen molar-refractivity contribution in [1.29, 1.82) is 0 Å². The molecule has 1 aromatic carbocycles. The molecule has 1 N–H and O–H groups in total. The largest absolute Gasteiger partial charge is 0.445 e. The fraction of sp³-hybridized carbons (Fsp3) is 0.708. The molecule has 1 amide bonds. The second-order valence-electron chi connectivity index (χ2n) is 7.15. The molecule has 0 radical (unpaired) electrons. The first-order valence-electron chi connectivity index (χ1n) is 11.7. The molecule has 0 atom stereocenters. The van der Waals surface area contributed by atoms with E-state index >= 15 is 0 Å². The molecule has 0 unspecified atom stereocenters. The van der Waals surface area contributed by atoms with Crippen LogP contribution in [0.25, 0.3) is 0 Å². The minimum absolute atomic E-state index is 0.250. The summed E-state index contributed by atoms with van der Waals surface area (Å²) in [7, 11) is 0. The molecule has 190 valence electrons. The van der Waals surface area contributed by atoms with E-state index in [-0.39, 0.29) is 6.61 Å². The van der Waals surface area contributed by atoms with E-state index < -0.39 is 6.09 Å². The van der Waals surface area contributed by atoms with Crippen molar-refractivity contribution in [3.8, 4) is 0 Å². The molecule has 33 heavy (non-hydrogen) atoms. The van der Waals surface area contributed by atoms with Crippen molar-refractivity contribution in [2.45, 2.75) is 32.3 Å². The number of hydrogen-bond acceptors (Lipinski definition) is 7. The third kappa shape index (κ3) is 20.9. The summed E-state index contributed by atoms with van der Waals surface area (Å²) in [6, 6.07) is 9.53. The van der Waals surface area contributed by atoms with Crippen LogP contribution < -0.4 is 5.32 Å². The summed E-state index contributed by atoms with van der Waals surface area (Å²) in [4.78, 5) is 11.6. The Bertz CT molecular complexity index is 551. The lowest BCUT2D eigenvalue weighted by Crippen LogP contribution is -2.28. The van der Waals surface area contributed by atoms with Gasteiger partial charge >= 0.3 is 6.09 Å². The van der Waals surface area contributed by atoms with Gasteiger partial charge < -0.3 is 33.7 Å². The molecule has 0 bridgehead atoms. The Balaban J connectivity index is 1.70. The number of benzene rings is 1. The van der Waals surface area contributed by atoms with E-state index in [2.05, 4.69) is 5.32 Å². The highest BCUT2D eigenvalue weighted by atomic mass is 35.5. The van der Waals surface area contributed by atoms with E-state index in [0.29, 0.717) is 66.0 Å². The minimum Gasteiger partial charge on any atom is -0.445 e. The van der Waals surface area contributed by atoms with Crippen LogP contribution in [0.15, 0.2) is 30.3 Å². The van der Waals surface area contributed by atoms with Crippen molar-refractivity contribution in [2.75, 3.05) is 78.5 Å². The fourth-order valence-electron chi connectivity index (χ4n) is 2.63. The molecular formula is C24H40ClNO7. The van der Waals surface area contributed by atoms with E-state index in [0.717, 1.165) is 30.9 Å². The summed E-state index contributed by atoms with van der Waals surface area (Å²) in [5.74, 6) is 0.742. The molecule has 0 heterocycles. The first-order valence-corrected chi connectivity index (χ1v) is 12.3. The SMILES string of the molecule is O=C(NCCOCCOCCOCCOCCOCCCCCCCl)OCc1ccccc1. The summed E-state index contributed by atoms with van der Waals surface area (Å²) in [5, 5.41) is 2.64. The molecule has 0 aromatic heterocycles. The number of ether oxygens (including phenoxy) is 6. The van der Waals surface area contributed by atoms with Gasteiger partial charge in [0.25, 0.3) is 0 Å². The number of hydrogen-bond donors (Lipinski definition) is 1. The van der Waals surface area contributed by atoms with Gasteiger partial charge in [-0.3, -0.25) is 0 Å². The van der Waals surface area contributed by atoms with Crippen LogP contribution in [0.4, 0.5) is 4.79 Å². The molecule has 0 spiro atoms. The third-order valence-corrected chi connectivity index (χ3v) is 4.66. The minimum atomic E-state index is -0.457. The van der Waals surface area contributed by atoms with Crippen molar-refractivity contribution in [1.82, 2.24) is 5.32 Å². The van der Waals surface area contributed by atoms with Gasteiger partial charge in [-0.1, -0.05) is 43.2 Å². The highest BCUT2D eigenvalue weighted by Crippen LogP contribution is 2.01. The van der Waals surface area contributed by atoms with Gasteiger partial charge in [-0.15, -0.1) is 11.6 Å². The summed E-state index contributed by atoms with van der Waals surface area (Å²) in [5.41, 5.74) is 0.947. The highest BCUT2D eigenvalue weighted by Gasteiger charge is 2.01. The summed E-state index contributed by atoms with van der Waals surface area (Å²) >= 11 is 5.63. The first kappa shape index (κ1) is 29.6. The van der Waals surface area contributed by atoms with Crippen LogP contribution in [0.2, 0.25) is 0 Å². The van der Waals surface area contributed by atoms with Crippen LogP contribution in [-0.2, 0) is 35.0 Å². The predicted octanol–water partition coefficient (Wildman–Crippen LogP) is 3.80. The number of amides is 1. The van der Waals surface area contributed by atoms with Gasteiger partial charge in [-0.25, -0.2) is 4.79 Å². The molecule has 0 aliphatic rings. The predicted molar refractivity (Wildman–Crippen MR) is 128 cm³/mol. The monoisotopic (exact) mass is 489 g/mol. The highest BCUT2D eigenvalue weighted by molar-refractivity contribution is 6.17. The maximum Gasteiger partial charge on any atom is 0.407 e. The van der Waals surface area contributed by atoms with Crippen LogP contribution in [-0.4, -0.2) is 84.6 Å². The lowest BCUT2D eigenvalue weighted by atomic mass is 10.2. The molecule has 1 rings (SSSR count). The zero-order valence-electron chi connectivity index (χ0n) is 19.6. The summed E-state index contributed by atoms with van der Waals surface area (Å²) in [6.45, 7) is 6.02. The first-order chi connectivity index (χ1) is 16.3. The Morgan fingerprint density at radius 1 is 0.667 bits per heavy atom. The number of halogens is 1. The van der Waals surface area contributed by atoms with Crippen LogP contribution in [0.1, 0.15) is 31.2 Å². The zero-order chi connectivity index (χ0) is 23.7. The number of carbonyl (C=O) groups excluding carboxylic acids is 1. The van der Waals surface area contributed by atoms with Crippen molar-refractivity contribution < 1.29 is 33.2 Å². The quantitative estimate of drug-likeness (QED) is 0.185. The van der Waals surface area contributed by atoms with Crippen LogP contribution >= 0.6 is 11.6 Å². The molecule has 1 aromatic rings. The van der Waals surface area contributed by atoms with E-state index in [1.54, 1.807) is 0 Å². The van der Waals surface area contributed by atoms with Gasteiger partial charge in [0.1, 0.15) is 6.61 Å². The topological polar surface area (TPSA) is 84.5 Å². The zero-order valence-corrected chi connectivity index (χ0v) is 20.4. The summed E-state index contributed by atoms with van der Waals surface area (Å²) < 4.78 is 32.3. The summed E-state index contributed by atoms with van der Waals surface area (Å²) in [6.07, 6.45) is 4.03. The third-order valence-electron chi connectivity index (χ3n) is 4.39. The van der Waals surface area contributed by atoms with Crippen molar-refractivity contribution in [2.24, 2.45) is 0 Å². The average Bonchev–Trinajstić information content (AvgIpc) is 2.84. The number of carbonyl (C=O) groups is 1. The molecule has 0 fully saturated rings. The Labute approximate surface area is 203 Å². The Morgan fingerprint density at radius 2 is 1.18 bits per heavy atom. The lowest BCUT2D eigenvalue weighted by Gasteiger charge is -2.09. The lowest BCUT2D eigenvalue weighted by molar-refractivity contribution is -0.0110. The average molecular weight is 490 g/mol. The van der Waals surface area contributed by atoms with Crippen molar-refractivity contribution in [3.05, 3.63) is 35.9 Å². The Hall–Kier alpha value is -1.42. The van der Waals surface area contributed by atoms with Gasteiger partial charge in [0.15, 0.2) is 0 Å². The number of alkyl carbamates (subject to hydrolysis) is 1. The van der Waals surface area contributed by atoms with Crippen LogP contribution in [0.5, 0.6) is 0 Å². The van der Waals surface area contributed by atoms with Crippen molar-refractivity contribution >= 4 is 17.7 Å². The van der Waals surface area contributed by atoms with E-state index in [1.807, 2.05) is 30.3 Å². The number of rotatable bonds is 23. The molecule has 0 saturated carbocycles. The smallest absolute Gasteiger partial charge is 0.407 e. The number of alkyl halides is 1. The Kier molecular flexibility index (Phi) is 21.3. The molecule has 0 saturated heterocycles. The maximum absolute atomic E-state index is 11.6. The van der Waals surface area contributed by atoms with E-state index in [9.17, 15) is 4.79 Å². The molecule has 9 heteroatoms. The van der Waals surface area contributed by atoms with E-state index in [1.165, 1.54) is 12.8 Å². The normalized spacial score (nSPS) is 10.9. The van der Waals surface area contributed by atoms with Gasteiger partial charge in [0.2, 0.25) is 0 Å². The molecule has 0 aliphatic carbocycles. The maximum atomic E-state index is 11.6. The van der Waals surface area contributed by atoms with E-state index in [4.69, 9.17) is 40.0 Å².